The van der Waals surface area contributed by atoms with E-state index in [0.717, 1.165) is 0 Å². The molecule has 2 rings (SSSR count). The highest BCUT2D eigenvalue weighted by Gasteiger charge is 2.06. The van der Waals surface area contributed by atoms with Crippen molar-refractivity contribution >= 4 is 52.1 Å². The van der Waals surface area contributed by atoms with Crippen molar-refractivity contribution < 1.29 is 4.79 Å². The minimum atomic E-state index is -0.258. The second kappa shape index (κ2) is 7.37. The molecule has 1 amide bonds. The molecular weight excluding hydrogens is 345 g/mol. The van der Waals surface area contributed by atoms with E-state index in [9.17, 15) is 4.79 Å². The van der Waals surface area contributed by atoms with Gasteiger partial charge >= 0.3 is 0 Å². The molecule has 7 heteroatoms. The Morgan fingerprint density at radius 2 is 1.68 bits per heavy atom. The quantitative estimate of drug-likeness (QED) is 0.845. The number of hydrogen-bond acceptors (Lipinski definition) is 3. The molecule has 0 unspecified atom stereocenters. The number of halogens is 3. The van der Waals surface area contributed by atoms with Crippen LogP contribution >= 0.6 is 34.8 Å². The number of amides is 1. The maximum absolute atomic E-state index is 11.9. The number of benzene rings is 2. The first-order chi connectivity index (χ1) is 10.5. The topological polar surface area (TPSA) is 64.9 Å². The van der Waals surface area contributed by atoms with E-state index < -0.39 is 0 Å². The van der Waals surface area contributed by atoms with Gasteiger partial charge in [-0.1, -0.05) is 34.8 Å². The van der Waals surface area contributed by atoms with Gasteiger partial charge in [-0.25, -0.2) is 0 Å². The van der Waals surface area contributed by atoms with Crippen LogP contribution < -0.4 is 10.6 Å². The van der Waals surface area contributed by atoms with Crippen molar-refractivity contribution in [1.82, 2.24) is 0 Å². The highest BCUT2D eigenvalue weighted by Crippen LogP contribution is 2.25. The normalized spacial score (nSPS) is 9.91. The second-order valence-electron chi connectivity index (χ2n) is 4.34. The van der Waals surface area contributed by atoms with Crippen LogP contribution in [0.3, 0.4) is 0 Å². The number of carbonyl (C=O) groups excluding carboxylic acids is 1. The molecule has 0 bridgehead atoms. The lowest BCUT2D eigenvalue weighted by Crippen LogP contribution is -2.21. The number of carbonyl (C=O) groups is 1. The number of hydrogen-bond donors (Lipinski definition) is 2. The lowest BCUT2D eigenvalue weighted by atomic mass is 10.2. The summed E-state index contributed by atoms with van der Waals surface area (Å²) in [5.74, 6) is -0.258. The molecule has 0 fully saturated rings. The van der Waals surface area contributed by atoms with Gasteiger partial charge in [0.1, 0.15) is 6.07 Å². The third-order valence-electron chi connectivity index (χ3n) is 2.75. The van der Waals surface area contributed by atoms with Crippen molar-refractivity contribution in [2.24, 2.45) is 0 Å². The highest BCUT2D eigenvalue weighted by molar-refractivity contribution is 6.42. The van der Waals surface area contributed by atoms with Gasteiger partial charge in [0, 0.05) is 11.4 Å². The number of nitriles is 1. The zero-order valence-corrected chi connectivity index (χ0v) is 13.4. The van der Waals surface area contributed by atoms with Gasteiger partial charge in [-0.15, -0.1) is 0 Å². The van der Waals surface area contributed by atoms with E-state index in [1.54, 1.807) is 30.3 Å². The Hall–Kier alpha value is -1.93. The average Bonchev–Trinajstić information content (AvgIpc) is 2.49. The van der Waals surface area contributed by atoms with Gasteiger partial charge in [0.2, 0.25) is 5.91 Å². The molecule has 0 aliphatic rings. The fraction of sp³-hybridized carbons (Fsp3) is 0.0667. The van der Waals surface area contributed by atoms with Gasteiger partial charge < -0.3 is 10.6 Å². The third-order valence-corrected chi connectivity index (χ3v) is 3.80. The molecule has 2 aromatic rings. The largest absolute Gasteiger partial charge is 0.376 e. The monoisotopic (exact) mass is 353 g/mol. The molecule has 0 aromatic heterocycles. The molecule has 0 radical (unpaired) electrons. The smallest absolute Gasteiger partial charge is 0.243 e. The van der Waals surface area contributed by atoms with Crippen LogP contribution in [0.5, 0.6) is 0 Å². The maximum Gasteiger partial charge on any atom is 0.243 e. The van der Waals surface area contributed by atoms with Crippen LogP contribution in [0.25, 0.3) is 0 Å². The lowest BCUT2D eigenvalue weighted by molar-refractivity contribution is -0.114. The van der Waals surface area contributed by atoms with Gasteiger partial charge in [-0.3, -0.25) is 4.79 Å². The van der Waals surface area contributed by atoms with Gasteiger partial charge in [0.25, 0.3) is 0 Å². The zero-order valence-electron chi connectivity index (χ0n) is 11.2. The summed E-state index contributed by atoms with van der Waals surface area (Å²) in [5.41, 5.74) is 1.56. The molecule has 4 nitrogen and oxygen atoms in total. The van der Waals surface area contributed by atoms with E-state index in [2.05, 4.69) is 10.6 Å². The van der Waals surface area contributed by atoms with E-state index in [4.69, 9.17) is 40.1 Å². The second-order valence-corrected chi connectivity index (χ2v) is 5.56. The highest BCUT2D eigenvalue weighted by atomic mass is 35.5. The molecule has 0 aliphatic carbocycles. The molecule has 2 aromatic carbocycles. The lowest BCUT2D eigenvalue weighted by Gasteiger charge is -2.09. The fourth-order valence-corrected chi connectivity index (χ4v) is 2.20. The molecule has 0 aliphatic heterocycles. The van der Waals surface area contributed by atoms with Crippen LogP contribution in [0.2, 0.25) is 15.1 Å². The average molecular weight is 355 g/mol. The molecule has 2 N–H and O–H groups in total. The van der Waals surface area contributed by atoms with E-state index >= 15 is 0 Å². The SMILES string of the molecule is N#Cc1ccc(NC(=O)CNc2ccc(Cl)c(Cl)c2)cc1Cl. The summed E-state index contributed by atoms with van der Waals surface area (Å²) < 4.78 is 0. The van der Waals surface area contributed by atoms with Crippen LogP contribution in [-0.4, -0.2) is 12.5 Å². The first-order valence-electron chi connectivity index (χ1n) is 6.18. The van der Waals surface area contributed by atoms with E-state index in [1.165, 1.54) is 6.07 Å². The van der Waals surface area contributed by atoms with Gasteiger partial charge in [-0.2, -0.15) is 5.26 Å². The minimum absolute atomic E-state index is 0.0512. The molecule has 0 saturated heterocycles. The predicted octanol–water partition coefficient (Wildman–Crippen LogP) is 4.57. The Bertz CT molecular complexity index is 756. The summed E-state index contributed by atoms with van der Waals surface area (Å²) in [7, 11) is 0. The van der Waals surface area contributed by atoms with Gasteiger partial charge in [-0.05, 0) is 36.4 Å². The van der Waals surface area contributed by atoms with Crippen LogP contribution in [0.4, 0.5) is 11.4 Å². The molecular formula is C15H10Cl3N3O. The molecule has 22 heavy (non-hydrogen) atoms. The molecule has 0 atom stereocenters. The van der Waals surface area contributed by atoms with E-state index in [0.29, 0.717) is 27.0 Å². The van der Waals surface area contributed by atoms with Crippen molar-refractivity contribution in [2.75, 3.05) is 17.2 Å². The summed E-state index contributed by atoms with van der Waals surface area (Å²) in [6.45, 7) is 0.0512. The minimum Gasteiger partial charge on any atom is -0.376 e. The summed E-state index contributed by atoms with van der Waals surface area (Å²) >= 11 is 17.6. The molecule has 0 saturated carbocycles. The van der Waals surface area contributed by atoms with Crippen molar-refractivity contribution in [2.45, 2.75) is 0 Å². The Kier molecular flexibility index (Phi) is 5.51. The first kappa shape index (κ1) is 16.4. The Labute approximate surface area is 142 Å². The predicted molar refractivity (Wildman–Crippen MR) is 89.7 cm³/mol. The number of nitrogens with zero attached hydrogens (tertiary/aromatic N) is 1. The zero-order chi connectivity index (χ0) is 16.1. The fourth-order valence-electron chi connectivity index (χ4n) is 1.68. The summed E-state index contributed by atoms with van der Waals surface area (Å²) in [4.78, 5) is 11.9. The Morgan fingerprint density at radius 1 is 1.00 bits per heavy atom. The van der Waals surface area contributed by atoms with E-state index in [-0.39, 0.29) is 17.5 Å². The first-order valence-corrected chi connectivity index (χ1v) is 7.31. The molecule has 0 spiro atoms. The van der Waals surface area contributed by atoms with Gasteiger partial charge in [0.05, 0.1) is 27.2 Å². The standard InChI is InChI=1S/C15H10Cl3N3O/c16-12-4-3-10(5-14(12)18)20-8-15(22)21-11-2-1-9(7-19)13(17)6-11/h1-6,20H,8H2,(H,21,22). The summed E-state index contributed by atoms with van der Waals surface area (Å²) in [6.07, 6.45) is 0. The van der Waals surface area contributed by atoms with Crippen LogP contribution in [-0.2, 0) is 4.79 Å². The number of nitrogens with one attached hydrogen (secondary N) is 2. The number of rotatable bonds is 4. The van der Waals surface area contributed by atoms with Crippen LogP contribution in [0.1, 0.15) is 5.56 Å². The molecule has 0 heterocycles. The van der Waals surface area contributed by atoms with Crippen molar-refractivity contribution in [1.29, 1.82) is 5.26 Å². The maximum atomic E-state index is 11.9. The van der Waals surface area contributed by atoms with Crippen LogP contribution in [0, 0.1) is 11.3 Å². The van der Waals surface area contributed by atoms with Gasteiger partial charge in [0.15, 0.2) is 0 Å². The summed E-state index contributed by atoms with van der Waals surface area (Å²) in [5, 5.41) is 15.5. The Morgan fingerprint density at radius 3 is 2.32 bits per heavy atom. The third kappa shape index (κ3) is 4.28. The molecule has 112 valence electrons. The van der Waals surface area contributed by atoms with E-state index in [1.807, 2.05) is 6.07 Å². The van der Waals surface area contributed by atoms with Crippen molar-refractivity contribution in [3.8, 4) is 6.07 Å². The Balaban J connectivity index is 1.94. The van der Waals surface area contributed by atoms with Crippen molar-refractivity contribution in [3.05, 3.63) is 57.0 Å². The van der Waals surface area contributed by atoms with Crippen LogP contribution in [0.15, 0.2) is 36.4 Å². The number of anilines is 2. The summed E-state index contributed by atoms with van der Waals surface area (Å²) in [6, 6.07) is 11.6. The van der Waals surface area contributed by atoms with Crippen molar-refractivity contribution in [3.63, 3.8) is 0 Å².